The highest BCUT2D eigenvalue weighted by Crippen LogP contribution is 2.32. The Kier molecular flexibility index (Phi) is 2.84. The molecule has 0 aromatic carbocycles. The molecule has 5 rings (SSSR count). The highest BCUT2D eigenvalue weighted by atomic mass is 19.1. The summed E-state index contributed by atoms with van der Waals surface area (Å²) in [6.45, 7) is 0. The lowest BCUT2D eigenvalue weighted by atomic mass is 10.1. The summed E-state index contributed by atoms with van der Waals surface area (Å²) in [6.07, 6.45) is 6.34. The maximum atomic E-state index is 15.2. The van der Waals surface area contributed by atoms with Crippen molar-refractivity contribution in [2.75, 3.05) is 0 Å². The van der Waals surface area contributed by atoms with Crippen LogP contribution in [0.2, 0.25) is 0 Å². The molecule has 0 aliphatic rings. The second kappa shape index (κ2) is 5.17. The first-order chi connectivity index (χ1) is 12.3. The van der Waals surface area contributed by atoms with Crippen molar-refractivity contribution in [3.63, 3.8) is 0 Å². The smallest absolute Gasteiger partial charge is 0.184 e. The molecule has 2 N–H and O–H groups in total. The first-order valence-corrected chi connectivity index (χ1v) is 7.55. The molecule has 5 heterocycles. The largest absolute Gasteiger partial charge is 0.335 e. The number of H-pyrrole nitrogens is 2. The van der Waals surface area contributed by atoms with Crippen molar-refractivity contribution in [2.24, 2.45) is 0 Å². The van der Waals surface area contributed by atoms with E-state index in [2.05, 4.69) is 35.1 Å². The summed E-state index contributed by atoms with van der Waals surface area (Å²) in [7, 11) is 0. The molecule has 0 unspecified atom stereocenters. The molecule has 8 heteroatoms. The summed E-state index contributed by atoms with van der Waals surface area (Å²) in [5.41, 5.74) is 3.04. The van der Waals surface area contributed by atoms with E-state index in [1.807, 2.05) is 6.07 Å². The number of fused-ring (bicyclic) bond motifs is 2. The monoisotopic (exact) mass is 331 g/mol. The number of rotatable bonds is 2. The van der Waals surface area contributed by atoms with Gasteiger partial charge in [0.15, 0.2) is 17.1 Å². The van der Waals surface area contributed by atoms with Gasteiger partial charge in [0.25, 0.3) is 0 Å². The molecule has 5 aromatic rings. The Balaban J connectivity index is 1.77. The number of nitrogens with zero attached hydrogens (tertiary/aromatic N) is 5. The number of aromatic nitrogens is 7. The summed E-state index contributed by atoms with van der Waals surface area (Å²) in [5, 5.41) is 7.19. The molecule has 25 heavy (non-hydrogen) atoms. The standard InChI is InChI=1S/C17H10FN7/c18-13-10(9-3-1-5-19-7-9)8-21-16-12(13)14(24-25-16)17-22-11-4-2-6-20-15(11)23-17/h1-8H,(H,20,22,23)(H,21,24,25). The number of pyridine rings is 3. The molecule has 0 bridgehead atoms. The number of halogens is 1. The van der Waals surface area contributed by atoms with E-state index in [0.29, 0.717) is 28.3 Å². The molecule has 0 spiro atoms. The number of imidazole rings is 1. The van der Waals surface area contributed by atoms with Gasteiger partial charge in [0.05, 0.1) is 10.9 Å². The van der Waals surface area contributed by atoms with Crippen LogP contribution in [0.3, 0.4) is 0 Å². The van der Waals surface area contributed by atoms with Gasteiger partial charge in [-0.3, -0.25) is 10.1 Å². The Morgan fingerprint density at radius 1 is 0.960 bits per heavy atom. The Morgan fingerprint density at radius 3 is 2.72 bits per heavy atom. The van der Waals surface area contributed by atoms with Crippen molar-refractivity contribution < 1.29 is 4.39 Å². The molecule has 0 aliphatic carbocycles. The summed E-state index contributed by atoms with van der Waals surface area (Å²) < 4.78 is 15.2. The normalized spacial score (nSPS) is 11.4. The summed E-state index contributed by atoms with van der Waals surface area (Å²) in [4.78, 5) is 20.0. The molecule has 5 aromatic heterocycles. The van der Waals surface area contributed by atoms with Crippen LogP contribution in [-0.4, -0.2) is 35.1 Å². The van der Waals surface area contributed by atoms with Gasteiger partial charge in [-0.15, -0.1) is 0 Å². The van der Waals surface area contributed by atoms with E-state index in [-0.39, 0.29) is 11.0 Å². The lowest BCUT2D eigenvalue weighted by molar-refractivity contribution is 0.642. The molecule has 0 aliphatic heterocycles. The van der Waals surface area contributed by atoms with Crippen molar-refractivity contribution in [1.82, 2.24) is 35.1 Å². The Labute approximate surface area is 140 Å². The van der Waals surface area contributed by atoms with Gasteiger partial charge in [-0.05, 0) is 18.2 Å². The van der Waals surface area contributed by atoms with E-state index in [1.54, 1.807) is 36.8 Å². The Morgan fingerprint density at radius 2 is 1.88 bits per heavy atom. The molecular formula is C17H10FN7. The number of hydrogen-bond donors (Lipinski definition) is 2. The fraction of sp³-hybridized carbons (Fsp3) is 0. The van der Waals surface area contributed by atoms with Gasteiger partial charge in [-0.2, -0.15) is 5.10 Å². The molecule has 120 valence electrons. The third-order valence-corrected chi connectivity index (χ3v) is 3.99. The van der Waals surface area contributed by atoms with E-state index in [9.17, 15) is 0 Å². The summed E-state index contributed by atoms with van der Waals surface area (Å²) in [5.74, 6) is 0.0374. The number of aromatic amines is 2. The van der Waals surface area contributed by atoms with Crippen LogP contribution >= 0.6 is 0 Å². The quantitative estimate of drug-likeness (QED) is 0.518. The van der Waals surface area contributed by atoms with E-state index in [4.69, 9.17) is 0 Å². The predicted molar refractivity (Wildman–Crippen MR) is 90.0 cm³/mol. The first kappa shape index (κ1) is 13.7. The van der Waals surface area contributed by atoms with Gasteiger partial charge in [0, 0.05) is 35.9 Å². The molecule has 0 amide bonds. The van der Waals surface area contributed by atoms with Gasteiger partial charge in [0.1, 0.15) is 11.5 Å². The van der Waals surface area contributed by atoms with Crippen LogP contribution in [-0.2, 0) is 0 Å². The average Bonchev–Trinajstić information content (AvgIpc) is 3.27. The minimum absolute atomic E-state index is 0.278. The second-order valence-corrected chi connectivity index (χ2v) is 5.48. The fourth-order valence-corrected chi connectivity index (χ4v) is 2.81. The average molecular weight is 331 g/mol. The highest BCUT2D eigenvalue weighted by molar-refractivity contribution is 5.93. The van der Waals surface area contributed by atoms with Crippen molar-refractivity contribution in [1.29, 1.82) is 0 Å². The van der Waals surface area contributed by atoms with Crippen LogP contribution < -0.4 is 0 Å². The molecule has 0 radical (unpaired) electrons. The fourth-order valence-electron chi connectivity index (χ4n) is 2.81. The molecule has 7 nitrogen and oxygen atoms in total. The SMILES string of the molecule is Fc1c(-c2cccnc2)cnc2n[nH]c(-c3nc4ncccc4[nH]3)c12. The van der Waals surface area contributed by atoms with E-state index < -0.39 is 5.82 Å². The van der Waals surface area contributed by atoms with Crippen LogP contribution in [0, 0.1) is 5.82 Å². The maximum Gasteiger partial charge on any atom is 0.184 e. The summed E-state index contributed by atoms with van der Waals surface area (Å²) >= 11 is 0. The molecule has 0 saturated heterocycles. The van der Waals surface area contributed by atoms with Crippen LogP contribution in [0.5, 0.6) is 0 Å². The van der Waals surface area contributed by atoms with E-state index >= 15 is 4.39 Å². The zero-order valence-electron chi connectivity index (χ0n) is 12.7. The van der Waals surface area contributed by atoms with Gasteiger partial charge < -0.3 is 4.98 Å². The third kappa shape index (κ3) is 2.08. The van der Waals surface area contributed by atoms with Gasteiger partial charge in [-0.25, -0.2) is 19.3 Å². The minimum atomic E-state index is -0.421. The molecule has 0 atom stereocenters. The third-order valence-electron chi connectivity index (χ3n) is 3.99. The Bertz CT molecular complexity index is 1180. The lowest BCUT2D eigenvalue weighted by Gasteiger charge is -2.03. The van der Waals surface area contributed by atoms with Crippen LogP contribution in [0.15, 0.2) is 49.1 Å². The number of hydrogen-bond acceptors (Lipinski definition) is 5. The topological polar surface area (TPSA) is 96.0 Å². The predicted octanol–water partition coefficient (Wildman–Crippen LogP) is 3.10. The molecule has 0 fully saturated rings. The number of nitrogens with one attached hydrogen (secondary N) is 2. The van der Waals surface area contributed by atoms with Gasteiger partial charge in [-0.1, -0.05) is 6.07 Å². The zero-order chi connectivity index (χ0) is 16.8. The van der Waals surface area contributed by atoms with Crippen LogP contribution in [0.4, 0.5) is 4.39 Å². The highest BCUT2D eigenvalue weighted by Gasteiger charge is 2.20. The lowest BCUT2D eigenvalue weighted by Crippen LogP contribution is -1.91. The second-order valence-electron chi connectivity index (χ2n) is 5.48. The van der Waals surface area contributed by atoms with E-state index in [0.717, 1.165) is 5.52 Å². The molecular weight excluding hydrogens is 321 g/mol. The van der Waals surface area contributed by atoms with Crippen molar-refractivity contribution in [3.8, 4) is 22.6 Å². The van der Waals surface area contributed by atoms with Crippen molar-refractivity contribution in [3.05, 3.63) is 54.9 Å². The minimum Gasteiger partial charge on any atom is -0.335 e. The van der Waals surface area contributed by atoms with Crippen molar-refractivity contribution >= 4 is 22.2 Å². The molecule has 0 saturated carbocycles. The van der Waals surface area contributed by atoms with Crippen LogP contribution in [0.1, 0.15) is 0 Å². The van der Waals surface area contributed by atoms with Crippen LogP contribution in [0.25, 0.3) is 44.8 Å². The first-order valence-electron chi connectivity index (χ1n) is 7.55. The Hall–Kier alpha value is -3.68. The van der Waals surface area contributed by atoms with Crippen molar-refractivity contribution in [2.45, 2.75) is 0 Å². The van der Waals surface area contributed by atoms with E-state index in [1.165, 1.54) is 6.20 Å². The maximum absolute atomic E-state index is 15.2. The van der Waals surface area contributed by atoms with Gasteiger partial charge >= 0.3 is 0 Å². The summed E-state index contributed by atoms with van der Waals surface area (Å²) in [6, 6.07) is 7.19. The van der Waals surface area contributed by atoms with Gasteiger partial charge in [0.2, 0.25) is 0 Å². The zero-order valence-corrected chi connectivity index (χ0v) is 12.7.